The molecule has 0 aliphatic carbocycles. The van der Waals surface area contributed by atoms with Crippen molar-refractivity contribution in [1.29, 1.82) is 0 Å². The molecule has 1 aliphatic rings. The van der Waals surface area contributed by atoms with E-state index in [1.54, 1.807) is 0 Å². The van der Waals surface area contributed by atoms with Gasteiger partial charge >= 0.3 is 0 Å². The first-order valence-electron chi connectivity index (χ1n) is 7.64. The van der Waals surface area contributed by atoms with Crippen LogP contribution in [0.3, 0.4) is 0 Å². The van der Waals surface area contributed by atoms with E-state index in [0.717, 1.165) is 18.8 Å². The molecule has 1 fully saturated rings. The van der Waals surface area contributed by atoms with Gasteiger partial charge in [0.05, 0.1) is 6.61 Å². The molecule has 1 N–H and O–H groups in total. The van der Waals surface area contributed by atoms with Crippen LogP contribution >= 0.6 is 0 Å². The molecule has 2 unspecified atom stereocenters. The van der Waals surface area contributed by atoms with Crippen molar-refractivity contribution in [2.45, 2.75) is 33.2 Å². The lowest BCUT2D eigenvalue weighted by Crippen LogP contribution is -2.31. The standard InChI is InChI=1S/C17H27NO2/c1-13(2)18-9-8-15(10-18)16(11-19)12-20-17-6-4-14(3)5-7-17/h4-7,13,15-16,19H,8-12H2,1-3H3. The number of likely N-dealkylation sites (tertiary alicyclic amines) is 1. The van der Waals surface area contributed by atoms with Crippen LogP contribution in [0, 0.1) is 18.8 Å². The molecule has 0 aromatic heterocycles. The van der Waals surface area contributed by atoms with Crippen LogP contribution in [0.15, 0.2) is 24.3 Å². The second kappa shape index (κ2) is 7.09. The van der Waals surface area contributed by atoms with E-state index in [1.165, 1.54) is 12.0 Å². The smallest absolute Gasteiger partial charge is 0.119 e. The van der Waals surface area contributed by atoms with Crippen LogP contribution < -0.4 is 4.74 Å². The molecule has 1 aromatic rings. The molecule has 1 aromatic carbocycles. The second-order valence-corrected chi connectivity index (χ2v) is 6.20. The first-order valence-corrected chi connectivity index (χ1v) is 7.64. The zero-order chi connectivity index (χ0) is 14.5. The van der Waals surface area contributed by atoms with E-state index in [2.05, 4.69) is 37.8 Å². The molecule has 112 valence electrons. The lowest BCUT2D eigenvalue weighted by molar-refractivity contribution is 0.116. The van der Waals surface area contributed by atoms with E-state index < -0.39 is 0 Å². The third-order valence-electron chi connectivity index (χ3n) is 4.37. The second-order valence-electron chi connectivity index (χ2n) is 6.20. The van der Waals surface area contributed by atoms with Crippen molar-refractivity contribution < 1.29 is 9.84 Å². The van der Waals surface area contributed by atoms with Gasteiger partial charge in [0.2, 0.25) is 0 Å². The Kier molecular flexibility index (Phi) is 5.44. The minimum atomic E-state index is 0.211. The molecule has 1 heterocycles. The Hall–Kier alpha value is -1.06. The van der Waals surface area contributed by atoms with Gasteiger partial charge in [-0.05, 0) is 51.8 Å². The van der Waals surface area contributed by atoms with E-state index in [-0.39, 0.29) is 12.5 Å². The van der Waals surface area contributed by atoms with Crippen molar-refractivity contribution in [3.05, 3.63) is 29.8 Å². The van der Waals surface area contributed by atoms with E-state index in [0.29, 0.717) is 18.6 Å². The summed E-state index contributed by atoms with van der Waals surface area (Å²) in [4.78, 5) is 2.49. The summed E-state index contributed by atoms with van der Waals surface area (Å²) in [7, 11) is 0. The first kappa shape index (κ1) is 15.3. The summed E-state index contributed by atoms with van der Waals surface area (Å²) >= 11 is 0. The van der Waals surface area contributed by atoms with Crippen LogP contribution in [0.2, 0.25) is 0 Å². The number of aliphatic hydroxyl groups excluding tert-OH is 1. The first-order chi connectivity index (χ1) is 9.60. The van der Waals surface area contributed by atoms with Crippen molar-refractivity contribution in [1.82, 2.24) is 4.90 Å². The third-order valence-corrected chi connectivity index (χ3v) is 4.37. The Morgan fingerprint density at radius 2 is 2.00 bits per heavy atom. The summed E-state index contributed by atoms with van der Waals surface area (Å²) in [6.07, 6.45) is 1.17. The van der Waals surface area contributed by atoms with Crippen LogP contribution in [0.1, 0.15) is 25.8 Å². The van der Waals surface area contributed by atoms with Gasteiger partial charge in [0.1, 0.15) is 5.75 Å². The number of rotatable bonds is 6. The Morgan fingerprint density at radius 3 is 2.55 bits per heavy atom. The fourth-order valence-electron chi connectivity index (χ4n) is 2.84. The summed E-state index contributed by atoms with van der Waals surface area (Å²) in [5.74, 6) is 1.68. The summed E-state index contributed by atoms with van der Waals surface area (Å²) in [6, 6.07) is 8.70. The van der Waals surface area contributed by atoms with Crippen LogP contribution in [-0.2, 0) is 0 Å². The van der Waals surface area contributed by atoms with E-state index in [4.69, 9.17) is 4.74 Å². The Labute approximate surface area is 122 Å². The third kappa shape index (κ3) is 3.97. The van der Waals surface area contributed by atoms with Gasteiger partial charge in [-0.25, -0.2) is 0 Å². The average molecular weight is 277 g/mol. The highest BCUT2D eigenvalue weighted by Gasteiger charge is 2.30. The molecule has 0 amide bonds. The van der Waals surface area contributed by atoms with E-state index in [1.807, 2.05) is 12.1 Å². The minimum absolute atomic E-state index is 0.211. The van der Waals surface area contributed by atoms with Crippen molar-refractivity contribution in [3.8, 4) is 5.75 Å². The number of aliphatic hydroxyl groups is 1. The number of hydrogen-bond donors (Lipinski definition) is 1. The normalized spacial score (nSPS) is 21.4. The zero-order valence-corrected chi connectivity index (χ0v) is 12.9. The molecule has 1 aliphatic heterocycles. The van der Waals surface area contributed by atoms with Crippen LogP contribution in [-0.4, -0.2) is 42.4 Å². The molecule has 20 heavy (non-hydrogen) atoms. The van der Waals surface area contributed by atoms with Crippen molar-refractivity contribution >= 4 is 0 Å². The van der Waals surface area contributed by atoms with Gasteiger partial charge < -0.3 is 14.7 Å². The summed E-state index contributed by atoms with van der Waals surface area (Å²) in [5.41, 5.74) is 1.24. The molecule has 1 saturated heterocycles. The molecule has 0 radical (unpaired) electrons. The SMILES string of the molecule is Cc1ccc(OCC(CO)C2CCN(C(C)C)C2)cc1. The van der Waals surface area contributed by atoms with E-state index >= 15 is 0 Å². The molecular weight excluding hydrogens is 250 g/mol. The maximum Gasteiger partial charge on any atom is 0.119 e. The lowest BCUT2D eigenvalue weighted by atomic mass is 9.93. The van der Waals surface area contributed by atoms with Gasteiger partial charge in [-0.3, -0.25) is 0 Å². The lowest BCUT2D eigenvalue weighted by Gasteiger charge is -2.24. The summed E-state index contributed by atoms with van der Waals surface area (Å²) in [6.45, 7) is 9.58. The summed E-state index contributed by atoms with van der Waals surface area (Å²) < 4.78 is 5.84. The topological polar surface area (TPSA) is 32.7 Å². The zero-order valence-electron chi connectivity index (χ0n) is 12.9. The Morgan fingerprint density at radius 1 is 1.30 bits per heavy atom. The largest absolute Gasteiger partial charge is 0.493 e. The highest BCUT2D eigenvalue weighted by Crippen LogP contribution is 2.26. The Bertz CT molecular complexity index is 402. The predicted octanol–water partition coefficient (Wildman–Crippen LogP) is 2.71. The molecule has 0 spiro atoms. The van der Waals surface area contributed by atoms with Gasteiger partial charge in [-0.15, -0.1) is 0 Å². The summed E-state index contributed by atoms with van der Waals surface area (Å²) in [5, 5.41) is 9.63. The molecule has 0 saturated carbocycles. The number of benzene rings is 1. The van der Waals surface area contributed by atoms with Crippen LogP contribution in [0.5, 0.6) is 5.75 Å². The number of hydrogen-bond acceptors (Lipinski definition) is 3. The maximum atomic E-state index is 9.63. The number of nitrogens with zero attached hydrogens (tertiary/aromatic N) is 1. The van der Waals surface area contributed by atoms with Crippen molar-refractivity contribution in [3.63, 3.8) is 0 Å². The monoisotopic (exact) mass is 277 g/mol. The van der Waals surface area contributed by atoms with Gasteiger partial charge in [0, 0.05) is 25.1 Å². The fraction of sp³-hybridized carbons (Fsp3) is 0.647. The van der Waals surface area contributed by atoms with Crippen LogP contribution in [0.25, 0.3) is 0 Å². The fourth-order valence-corrected chi connectivity index (χ4v) is 2.84. The molecule has 2 rings (SSSR count). The van der Waals surface area contributed by atoms with Crippen molar-refractivity contribution in [2.24, 2.45) is 11.8 Å². The van der Waals surface area contributed by atoms with E-state index in [9.17, 15) is 5.11 Å². The molecule has 3 nitrogen and oxygen atoms in total. The number of ether oxygens (including phenoxy) is 1. The highest BCUT2D eigenvalue weighted by atomic mass is 16.5. The molecule has 2 atom stereocenters. The van der Waals surface area contributed by atoms with Gasteiger partial charge in [0.15, 0.2) is 0 Å². The van der Waals surface area contributed by atoms with Gasteiger partial charge in [-0.2, -0.15) is 0 Å². The highest BCUT2D eigenvalue weighted by molar-refractivity contribution is 5.26. The Balaban J connectivity index is 1.85. The predicted molar refractivity (Wildman–Crippen MR) is 82.1 cm³/mol. The minimum Gasteiger partial charge on any atom is -0.493 e. The average Bonchev–Trinajstić information content (AvgIpc) is 2.91. The quantitative estimate of drug-likeness (QED) is 0.868. The van der Waals surface area contributed by atoms with Gasteiger partial charge in [-0.1, -0.05) is 17.7 Å². The molecule has 0 bridgehead atoms. The van der Waals surface area contributed by atoms with Crippen LogP contribution in [0.4, 0.5) is 0 Å². The van der Waals surface area contributed by atoms with Gasteiger partial charge in [0.25, 0.3) is 0 Å². The maximum absolute atomic E-state index is 9.63. The molecular formula is C17H27NO2. The molecule has 3 heteroatoms. The number of aryl methyl sites for hydroxylation is 1. The van der Waals surface area contributed by atoms with Crippen molar-refractivity contribution in [2.75, 3.05) is 26.3 Å².